The normalized spacial score (nSPS) is 38.6. The molecule has 1 heterocycles. The molecule has 0 bridgehead atoms. The maximum Gasteiger partial charge on any atom is 0.229 e. The molecule has 1 aliphatic heterocycles. The van der Waals surface area contributed by atoms with E-state index in [-0.39, 0.29) is 30.6 Å². The zero-order valence-electron chi connectivity index (χ0n) is 10.9. The predicted molar refractivity (Wildman–Crippen MR) is 64.4 cm³/mol. The second kappa shape index (κ2) is 4.97. The topological polar surface area (TPSA) is 75.6 Å². The molecule has 2 N–H and O–H groups in total. The van der Waals surface area contributed by atoms with Crippen LogP contribution in [0.2, 0.25) is 0 Å². The largest absolute Gasteiger partial charge is 0.365 e. The van der Waals surface area contributed by atoms with Gasteiger partial charge in [-0.2, -0.15) is 0 Å². The van der Waals surface area contributed by atoms with Crippen molar-refractivity contribution < 1.29 is 19.4 Å². The lowest BCUT2D eigenvalue weighted by molar-refractivity contribution is -0.274. The van der Waals surface area contributed by atoms with E-state index in [1.54, 1.807) is 0 Å². The first kappa shape index (κ1) is 13.5. The summed E-state index contributed by atoms with van der Waals surface area (Å²) < 4.78 is 5.70. The van der Waals surface area contributed by atoms with Crippen LogP contribution in [0, 0.1) is 11.8 Å². The summed E-state index contributed by atoms with van der Waals surface area (Å²) in [5.74, 6) is -1.22. The van der Waals surface area contributed by atoms with E-state index in [2.05, 4.69) is 12.2 Å². The Morgan fingerprint density at radius 2 is 1.89 bits per heavy atom. The molecular weight excluding hydrogens is 234 g/mol. The highest BCUT2D eigenvalue weighted by Crippen LogP contribution is 2.39. The minimum Gasteiger partial charge on any atom is -0.365 e. The highest BCUT2D eigenvalue weighted by molar-refractivity contribution is 5.98. The number of carbonyl (C=O) groups excluding carboxylic acids is 2. The van der Waals surface area contributed by atoms with Crippen LogP contribution in [-0.4, -0.2) is 28.8 Å². The van der Waals surface area contributed by atoms with E-state index in [0.717, 1.165) is 12.8 Å². The number of piperidine rings is 1. The summed E-state index contributed by atoms with van der Waals surface area (Å²) in [6.07, 6.45) is 2.19. The van der Waals surface area contributed by atoms with Crippen molar-refractivity contribution in [1.82, 2.24) is 5.32 Å². The number of imide groups is 1. The van der Waals surface area contributed by atoms with Crippen molar-refractivity contribution in [3.63, 3.8) is 0 Å². The zero-order chi connectivity index (χ0) is 13.3. The van der Waals surface area contributed by atoms with Gasteiger partial charge in [-0.05, 0) is 18.8 Å². The Morgan fingerprint density at radius 3 is 2.44 bits per heavy atom. The summed E-state index contributed by atoms with van der Waals surface area (Å²) >= 11 is 0. The lowest BCUT2D eigenvalue weighted by Crippen LogP contribution is -2.50. The van der Waals surface area contributed by atoms with Crippen LogP contribution in [0.3, 0.4) is 0 Å². The molecule has 1 saturated carbocycles. The van der Waals surface area contributed by atoms with Gasteiger partial charge in [-0.3, -0.25) is 14.9 Å². The Bertz CT molecular complexity index is 341. The monoisotopic (exact) mass is 255 g/mol. The smallest absolute Gasteiger partial charge is 0.229 e. The van der Waals surface area contributed by atoms with Gasteiger partial charge in [0.05, 0.1) is 18.9 Å². The minimum absolute atomic E-state index is 0.0290. The van der Waals surface area contributed by atoms with Gasteiger partial charge in [-0.15, -0.1) is 0 Å². The molecule has 3 atom stereocenters. The Kier molecular flexibility index (Phi) is 3.73. The van der Waals surface area contributed by atoms with E-state index in [1.165, 1.54) is 0 Å². The molecular formula is C13H21NO4. The highest BCUT2D eigenvalue weighted by atomic mass is 16.6. The number of ether oxygens (including phenoxy) is 1. The highest BCUT2D eigenvalue weighted by Gasteiger charge is 2.42. The van der Waals surface area contributed by atoms with E-state index in [1.807, 2.05) is 6.92 Å². The predicted octanol–water partition coefficient (Wildman–Crippen LogP) is 0.953. The van der Waals surface area contributed by atoms with E-state index >= 15 is 0 Å². The lowest BCUT2D eigenvalue weighted by atomic mass is 9.78. The standard InChI is InChI=1S/C13H21NO4/c1-8-3-4-13(17,9(2)5-8)18-10-6-11(15)14-12(16)7-10/h8-10,17H,3-7H2,1-2H3,(H,14,15,16). The van der Waals surface area contributed by atoms with Gasteiger partial charge in [-0.1, -0.05) is 13.8 Å². The molecule has 0 aromatic rings. The fourth-order valence-electron chi connectivity index (χ4n) is 2.90. The third-order valence-corrected chi connectivity index (χ3v) is 4.00. The van der Waals surface area contributed by atoms with Crippen molar-refractivity contribution in [1.29, 1.82) is 0 Å². The molecule has 1 aliphatic carbocycles. The van der Waals surface area contributed by atoms with Crippen LogP contribution >= 0.6 is 0 Å². The number of hydrogen-bond donors (Lipinski definition) is 2. The molecule has 2 rings (SSSR count). The minimum atomic E-state index is -1.19. The third kappa shape index (κ3) is 2.90. The summed E-state index contributed by atoms with van der Waals surface area (Å²) in [6.45, 7) is 4.12. The molecule has 102 valence electrons. The molecule has 0 aromatic carbocycles. The van der Waals surface area contributed by atoms with Crippen molar-refractivity contribution in [3.05, 3.63) is 0 Å². The molecule has 0 radical (unpaired) electrons. The molecule has 0 aromatic heterocycles. The summed E-state index contributed by atoms with van der Waals surface area (Å²) in [5.41, 5.74) is 0. The summed E-state index contributed by atoms with van der Waals surface area (Å²) in [4.78, 5) is 22.5. The van der Waals surface area contributed by atoms with Crippen LogP contribution in [0.1, 0.15) is 46.0 Å². The fourth-order valence-corrected chi connectivity index (χ4v) is 2.90. The average molecular weight is 255 g/mol. The lowest BCUT2D eigenvalue weighted by Gasteiger charge is -2.42. The number of rotatable bonds is 2. The van der Waals surface area contributed by atoms with Gasteiger partial charge in [-0.25, -0.2) is 0 Å². The molecule has 5 nitrogen and oxygen atoms in total. The van der Waals surface area contributed by atoms with E-state index in [0.29, 0.717) is 12.3 Å². The van der Waals surface area contributed by atoms with Gasteiger partial charge in [0, 0.05) is 12.3 Å². The molecule has 2 aliphatic rings. The maximum atomic E-state index is 11.3. The van der Waals surface area contributed by atoms with Crippen LogP contribution in [-0.2, 0) is 14.3 Å². The quantitative estimate of drug-likeness (QED) is 0.569. The number of carbonyl (C=O) groups is 2. The molecule has 2 fully saturated rings. The van der Waals surface area contributed by atoms with Crippen LogP contribution in [0.25, 0.3) is 0 Å². The number of amides is 2. The third-order valence-electron chi connectivity index (χ3n) is 4.00. The van der Waals surface area contributed by atoms with E-state index in [9.17, 15) is 14.7 Å². The van der Waals surface area contributed by atoms with Crippen molar-refractivity contribution in [2.24, 2.45) is 11.8 Å². The van der Waals surface area contributed by atoms with Crippen LogP contribution in [0.4, 0.5) is 0 Å². The van der Waals surface area contributed by atoms with Crippen molar-refractivity contribution >= 4 is 11.8 Å². The van der Waals surface area contributed by atoms with Crippen molar-refractivity contribution in [2.45, 2.75) is 57.8 Å². The summed E-state index contributed by atoms with van der Waals surface area (Å²) in [7, 11) is 0. The second-order valence-electron chi connectivity index (χ2n) is 5.74. The van der Waals surface area contributed by atoms with Gasteiger partial charge in [0.15, 0.2) is 5.79 Å². The van der Waals surface area contributed by atoms with Crippen molar-refractivity contribution in [2.75, 3.05) is 0 Å². The fraction of sp³-hybridized carbons (Fsp3) is 0.846. The molecule has 2 amide bonds. The van der Waals surface area contributed by atoms with Gasteiger partial charge < -0.3 is 9.84 Å². The SMILES string of the molecule is CC1CCC(O)(OC2CC(=O)NC(=O)C2)C(C)C1. The number of hydrogen-bond acceptors (Lipinski definition) is 4. The van der Waals surface area contributed by atoms with E-state index in [4.69, 9.17) is 4.74 Å². The number of aliphatic hydroxyl groups is 1. The van der Waals surface area contributed by atoms with Crippen LogP contribution in [0.5, 0.6) is 0 Å². The Balaban J connectivity index is 1.99. The van der Waals surface area contributed by atoms with Crippen molar-refractivity contribution in [3.8, 4) is 0 Å². The second-order valence-corrected chi connectivity index (χ2v) is 5.74. The summed E-state index contributed by atoms with van der Waals surface area (Å²) in [5, 5.41) is 12.8. The molecule has 5 heteroatoms. The van der Waals surface area contributed by atoms with Crippen LogP contribution in [0.15, 0.2) is 0 Å². The molecule has 1 saturated heterocycles. The van der Waals surface area contributed by atoms with Gasteiger partial charge >= 0.3 is 0 Å². The molecule has 18 heavy (non-hydrogen) atoms. The van der Waals surface area contributed by atoms with Gasteiger partial charge in [0.1, 0.15) is 0 Å². The molecule has 0 spiro atoms. The maximum absolute atomic E-state index is 11.3. The molecule has 3 unspecified atom stereocenters. The van der Waals surface area contributed by atoms with Gasteiger partial charge in [0.25, 0.3) is 0 Å². The van der Waals surface area contributed by atoms with E-state index < -0.39 is 11.9 Å². The Morgan fingerprint density at radius 1 is 1.28 bits per heavy atom. The average Bonchev–Trinajstić information content (AvgIpc) is 2.23. The van der Waals surface area contributed by atoms with Crippen LogP contribution < -0.4 is 5.32 Å². The summed E-state index contributed by atoms with van der Waals surface area (Å²) in [6, 6.07) is 0. The van der Waals surface area contributed by atoms with Gasteiger partial charge in [0.2, 0.25) is 11.8 Å². The first-order valence-corrected chi connectivity index (χ1v) is 6.62. The Hall–Kier alpha value is -0.940. The first-order chi connectivity index (χ1) is 8.39. The zero-order valence-corrected chi connectivity index (χ0v) is 10.9. The Labute approximate surface area is 107 Å². The number of nitrogens with one attached hydrogen (secondary N) is 1. The first-order valence-electron chi connectivity index (χ1n) is 6.62.